The number of carbonyl (C=O) groups is 1. The normalized spacial score (nSPS) is 11.9. The Morgan fingerprint density at radius 2 is 2.24 bits per heavy atom. The van der Waals surface area contributed by atoms with E-state index >= 15 is 0 Å². The van der Waals surface area contributed by atoms with Gasteiger partial charge < -0.3 is 15.0 Å². The second-order valence-corrected chi connectivity index (χ2v) is 4.98. The molecule has 0 saturated heterocycles. The van der Waals surface area contributed by atoms with Gasteiger partial charge in [0, 0.05) is 25.0 Å². The Bertz CT molecular complexity index is 648. The monoisotopic (exact) mass is 309 g/mol. The lowest BCUT2D eigenvalue weighted by Gasteiger charge is -2.11. The lowest BCUT2D eigenvalue weighted by Crippen LogP contribution is -2.35. The van der Waals surface area contributed by atoms with E-state index in [1.165, 1.54) is 28.6 Å². The summed E-state index contributed by atoms with van der Waals surface area (Å²) in [6.45, 7) is 3.66. The maximum Gasteiger partial charge on any atom is 0.267 e. The van der Waals surface area contributed by atoms with Crippen LogP contribution >= 0.6 is 11.8 Å². The summed E-state index contributed by atoms with van der Waals surface area (Å²) in [6, 6.07) is 1.43. The van der Waals surface area contributed by atoms with Crippen LogP contribution in [0.1, 0.15) is 29.9 Å². The van der Waals surface area contributed by atoms with Crippen LogP contribution in [0, 0.1) is 0 Å². The number of amidine groups is 1. The lowest BCUT2D eigenvalue weighted by atomic mass is 10.2. The molecule has 0 atom stereocenters. The number of aromatic hydroxyl groups is 1. The van der Waals surface area contributed by atoms with Crippen LogP contribution in [0.4, 0.5) is 0 Å². The van der Waals surface area contributed by atoms with Crippen LogP contribution < -0.4 is 10.9 Å². The van der Waals surface area contributed by atoms with Crippen molar-refractivity contribution in [3.05, 3.63) is 40.0 Å². The van der Waals surface area contributed by atoms with Crippen LogP contribution in [0.5, 0.6) is 5.75 Å². The zero-order valence-electron chi connectivity index (χ0n) is 12.5. The van der Waals surface area contributed by atoms with E-state index in [4.69, 9.17) is 0 Å². The fourth-order valence-corrected chi connectivity index (χ4v) is 2.09. The Kier molecular flexibility index (Phi) is 6.23. The van der Waals surface area contributed by atoms with Crippen molar-refractivity contribution in [2.24, 2.45) is 12.0 Å². The zero-order chi connectivity index (χ0) is 16.0. The van der Waals surface area contributed by atoms with Gasteiger partial charge in [-0.05, 0) is 19.6 Å². The molecule has 0 aliphatic rings. The van der Waals surface area contributed by atoms with E-state index in [1.54, 1.807) is 26.3 Å². The molecule has 1 heterocycles. The summed E-state index contributed by atoms with van der Waals surface area (Å²) in [7, 11) is 1.57. The molecule has 0 spiro atoms. The lowest BCUT2D eigenvalue weighted by molar-refractivity contribution is 0.0973. The first-order valence-corrected chi connectivity index (χ1v) is 7.64. The molecule has 1 rings (SSSR count). The standard InChI is InChI=1S/C14H19N3O3S/c1-5-7-15-14(21-4)16-12(19)11-10(18)8-9(6-2)17(3)13(11)20/h5,7-8,18H,6H2,1-4H3,(H,15,16,19)/b7-5+. The highest BCUT2D eigenvalue weighted by Crippen LogP contribution is 2.15. The van der Waals surface area contributed by atoms with Crippen LogP contribution in [-0.2, 0) is 13.5 Å². The van der Waals surface area contributed by atoms with Crippen molar-refractivity contribution in [1.29, 1.82) is 0 Å². The predicted molar refractivity (Wildman–Crippen MR) is 86.0 cm³/mol. The van der Waals surface area contributed by atoms with Crippen molar-refractivity contribution >= 4 is 22.8 Å². The third kappa shape index (κ3) is 3.98. The van der Waals surface area contributed by atoms with Crippen LogP contribution in [0.2, 0.25) is 0 Å². The number of aryl methyl sites for hydroxylation is 1. The minimum Gasteiger partial charge on any atom is -0.507 e. The first-order valence-electron chi connectivity index (χ1n) is 6.42. The zero-order valence-corrected chi connectivity index (χ0v) is 13.3. The van der Waals surface area contributed by atoms with E-state index in [9.17, 15) is 14.7 Å². The average molecular weight is 309 g/mol. The maximum atomic E-state index is 12.2. The fourth-order valence-electron chi connectivity index (χ4n) is 1.73. The number of amides is 1. The van der Waals surface area contributed by atoms with Gasteiger partial charge in [-0.1, -0.05) is 24.8 Å². The molecular formula is C14H19N3O3S. The molecule has 0 unspecified atom stereocenters. The number of rotatable bonds is 3. The van der Waals surface area contributed by atoms with Crippen LogP contribution in [0.25, 0.3) is 0 Å². The summed E-state index contributed by atoms with van der Waals surface area (Å²) < 4.78 is 1.36. The number of carbonyl (C=O) groups excluding carboxylic acids is 1. The van der Waals surface area contributed by atoms with E-state index in [0.717, 1.165) is 0 Å². The van der Waals surface area contributed by atoms with Crippen molar-refractivity contribution in [1.82, 2.24) is 9.88 Å². The molecule has 0 aromatic carbocycles. The fraction of sp³-hybridized carbons (Fsp3) is 0.357. The first-order chi connectivity index (χ1) is 9.96. The number of hydrogen-bond donors (Lipinski definition) is 2. The quantitative estimate of drug-likeness (QED) is 0.656. The number of aliphatic imine (C=N–C) groups is 1. The van der Waals surface area contributed by atoms with Crippen molar-refractivity contribution in [2.75, 3.05) is 6.26 Å². The summed E-state index contributed by atoms with van der Waals surface area (Å²) in [6.07, 6.45) is 5.58. The SMILES string of the molecule is C/C=C/N=C(NC(=O)c1c(O)cc(CC)n(C)c1=O)SC. The highest BCUT2D eigenvalue weighted by atomic mass is 32.2. The number of pyridine rings is 1. The minimum atomic E-state index is -0.673. The molecule has 21 heavy (non-hydrogen) atoms. The first kappa shape index (κ1) is 17.0. The second-order valence-electron chi connectivity index (χ2n) is 4.19. The Hall–Kier alpha value is -2.02. The minimum absolute atomic E-state index is 0.281. The summed E-state index contributed by atoms with van der Waals surface area (Å²) in [4.78, 5) is 28.4. The second kappa shape index (κ2) is 7.68. The average Bonchev–Trinajstić information content (AvgIpc) is 2.47. The smallest absolute Gasteiger partial charge is 0.267 e. The Balaban J connectivity index is 3.20. The van der Waals surface area contributed by atoms with E-state index in [2.05, 4.69) is 10.3 Å². The summed E-state index contributed by atoms with van der Waals surface area (Å²) >= 11 is 1.23. The molecule has 0 fully saturated rings. The van der Waals surface area contributed by atoms with Crippen molar-refractivity contribution in [3.63, 3.8) is 0 Å². The molecule has 2 N–H and O–H groups in total. The molecule has 1 amide bonds. The molecule has 0 radical (unpaired) electrons. The number of hydrogen-bond acceptors (Lipinski definition) is 5. The molecule has 1 aromatic rings. The number of nitrogens with one attached hydrogen (secondary N) is 1. The number of aromatic nitrogens is 1. The third-order valence-electron chi connectivity index (χ3n) is 2.85. The molecule has 6 nitrogen and oxygen atoms in total. The van der Waals surface area contributed by atoms with Crippen LogP contribution in [-0.4, -0.2) is 27.0 Å². The summed E-state index contributed by atoms with van der Waals surface area (Å²) in [5.41, 5.74) is -0.158. The van der Waals surface area contributed by atoms with E-state index in [0.29, 0.717) is 17.3 Å². The van der Waals surface area contributed by atoms with E-state index < -0.39 is 11.5 Å². The van der Waals surface area contributed by atoms with Gasteiger partial charge in [-0.3, -0.25) is 9.59 Å². The highest BCUT2D eigenvalue weighted by molar-refractivity contribution is 8.13. The number of nitrogens with zero attached hydrogens (tertiary/aromatic N) is 2. The molecular weight excluding hydrogens is 290 g/mol. The topological polar surface area (TPSA) is 83.7 Å². The molecule has 1 aromatic heterocycles. The van der Waals surface area contributed by atoms with E-state index in [1.807, 2.05) is 6.92 Å². The van der Waals surface area contributed by atoms with Crippen molar-refractivity contribution in [2.45, 2.75) is 20.3 Å². The molecule has 0 bridgehead atoms. The summed E-state index contributed by atoms with van der Waals surface area (Å²) in [5.74, 6) is -0.993. The van der Waals surface area contributed by atoms with Gasteiger partial charge >= 0.3 is 0 Å². The van der Waals surface area contributed by atoms with Crippen molar-refractivity contribution < 1.29 is 9.90 Å². The van der Waals surface area contributed by atoms with Crippen LogP contribution in [0.3, 0.4) is 0 Å². The summed E-state index contributed by atoms with van der Waals surface area (Å²) in [5, 5.41) is 12.8. The Morgan fingerprint density at radius 1 is 1.57 bits per heavy atom. The maximum absolute atomic E-state index is 12.2. The molecule has 0 aliphatic heterocycles. The Morgan fingerprint density at radius 3 is 2.76 bits per heavy atom. The largest absolute Gasteiger partial charge is 0.507 e. The van der Waals surface area contributed by atoms with Gasteiger partial charge in [0.25, 0.3) is 11.5 Å². The number of allylic oxidation sites excluding steroid dienone is 1. The van der Waals surface area contributed by atoms with Gasteiger partial charge in [0.15, 0.2) is 5.17 Å². The van der Waals surface area contributed by atoms with Gasteiger partial charge in [0.1, 0.15) is 11.3 Å². The van der Waals surface area contributed by atoms with E-state index in [-0.39, 0.29) is 11.3 Å². The van der Waals surface area contributed by atoms with Gasteiger partial charge in [-0.25, -0.2) is 4.99 Å². The molecule has 0 aliphatic carbocycles. The van der Waals surface area contributed by atoms with Gasteiger partial charge in [-0.15, -0.1) is 0 Å². The highest BCUT2D eigenvalue weighted by Gasteiger charge is 2.20. The molecule has 114 valence electrons. The van der Waals surface area contributed by atoms with Gasteiger partial charge in [0.05, 0.1) is 0 Å². The van der Waals surface area contributed by atoms with Gasteiger partial charge in [0.2, 0.25) is 0 Å². The van der Waals surface area contributed by atoms with Crippen LogP contribution in [0.15, 0.2) is 28.1 Å². The molecule has 0 saturated carbocycles. The molecule has 7 heteroatoms. The Labute approximate surface area is 127 Å². The van der Waals surface area contributed by atoms with Crippen molar-refractivity contribution in [3.8, 4) is 5.75 Å². The van der Waals surface area contributed by atoms with Gasteiger partial charge in [-0.2, -0.15) is 0 Å². The third-order valence-corrected chi connectivity index (χ3v) is 3.45. The number of thioether (sulfide) groups is 1. The predicted octanol–water partition coefficient (Wildman–Crippen LogP) is 1.64.